The van der Waals surface area contributed by atoms with Crippen molar-refractivity contribution in [3.8, 4) is 0 Å². The number of carbonyl (C=O) groups is 1. The minimum atomic E-state index is 0.0239. The second-order valence-corrected chi connectivity index (χ2v) is 6.30. The predicted molar refractivity (Wildman–Crippen MR) is 99.1 cm³/mol. The summed E-state index contributed by atoms with van der Waals surface area (Å²) in [7, 11) is 1.87. The van der Waals surface area contributed by atoms with E-state index in [1.54, 1.807) is 4.68 Å². The summed E-state index contributed by atoms with van der Waals surface area (Å²) < 4.78 is 1.77. The molecule has 2 aromatic carbocycles. The van der Waals surface area contributed by atoms with Gasteiger partial charge in [-0.05, 0) is 25.0 Å². The Bertz CT molecular complexity index is 812. The lowest BCUT2D eigenvalue weighted by Crippen LogP contribution is -2.31. The van der Waals surface area contributed by atoms with Crippen LogP contribution in [0.3, 0.4) is 0 Å². The normalized spacial score (nSPS) is 10.7. The highest BCUT2D eigenvalue weighted by atomic mass is 16.2. The van der Waals surface area contributed by atoms with Gasteiger partial charge in [0.05, 0.1) is 11.3 Å². The van der Waals surface area contributed by atoms with Gasteiger partial charge in [-0.3, -0.25) is 9.48 Å². The van der Waals surface area contributed by atoms with Gasteiger partial charge in [-0.15, -0.1) is 0 Å². The molecule has 128 valence electrons. The molecule has 0 atom stereocenters. The maximum Gasteiger partial charge on any atom is 0.258 e. The van der Waals surface area contributed by atoms with Gasteiger partial charge in [0.1, 0.15) is 0 Å². The summed E-state index contributed by atoms with van der Waals surface area (Å²) in [4.78, 5) is 15.2. The van der Waals surface area contributed by atoms with Gasteiger partial charge in [-0.2, -0.15) is 5.10 Å². The molecule has 0 aliphatic heterocycles. The van der Waals surface area contributed by atoms with E-state index in [4.69, 9.17) is 0 Å². The topological polar surface area (TPSA) is 38.1 Å². The summed E-state index contributed by atoms with van der Waals surface area (Å²) in [5, 5.41) is 4.40. The molecule has 0 fully saturated rings. The number of carbonyl (C=O) groups excluding carboxylic acids is 1. The molecule has 4 nitrogen and oxygen atoms in total. The minimum Gasteiger partial charge on any atom is -0.330 e. The molecule has 0 saturated heterocycles. The fourth-order valence-electron chi connectivity index (χ4n) is 3.05. The summed E-state index contributed by atoms with van der Waals surface area (Å²) in [5.74, 6) is 0.0239. The van der Waals surface area contributed by atoms with Crippen molar-refractivity contribution < 1.29 is 4.79 Å². The van der Waals surface area contributed by atoms with Gasteiger partial charge >= 0.3 is 0 Å². The third-order valence-electron chi connectivity index (χ3n) is 4.44. The Morgan fingerprint density at radius 3 is 1.80 bits per heavy atom. The first-order valence-electron chi connectivity index (χ1n) is 8.43. The summed E-state index contributed by atoms with van der Waals surface area (Å²) in [5.41, 5.74) is 4.61. The van der Waals surface area contributed by atoms with Crippen molar-refractivity contribution in [3.05, 3.63) is 88.7 Å². The number of amides is 1. The maximum absolute atomic E-state index is 13.3. The van der Waals surface area contributed by atoms with Crippen molar-refractivity contribution in [2.24, 2.45) is 7.05 Å². The van der Waals surface area contributed by atoms with Crippen molar-refractivity contribution in [3.63, 3.8) is 0 Å². The lowest BCUT2D eigenvalue weighted by molar-refractivity contribution is 0.0728. The first-order valence-corrected chi connectivity index (χ1v) is 8.43. The number of aromatic nitrogens is 2. The van der Waals surface area contributed by atoms with Crippen LogP contribution in [0.4, 0.5) is 0 Å². The lowest BCUT2D eigenvalue weighted by atomic mass is 10.1. The molecule has 0 N–H and O–H groups in total. The predicted octanol–water partition coefficient (Wildman–Crippen LogP) is 3.88. The smallest absolute Gasteiger partial charge is 0.258 e. The number of rotatable bonds is 5. The highest BCUT2D eigenvalue weighted by molar-refractivity contribution is 5.96. The fourth-order valence-corrected chi connectivity index (χ4v) is 3.05. The number of nitrogens with zero attached hydrogens (tertiary/aromatic N) is 3. The van der Waals surface area contributed by atoms with Crippen LogP contribution in [0.2, 0.25) is 0 Å². The first kappa shape index (κ1) is 17.0. The number of aryl methyl sites for hydroxylation is 2. The molecule has 3 aromatic rings. The minimum absolute atomic E-state index is 0.0239. The van der Waals surface area contributed by atoms with Gasteiger partial charge in [0, 0.05) is 25.8 Å². The number of hydrogen-bond acceptors (Lipinski definition) is 2. The van der Waals surface area contributed by atoms with E-state index in [0.29, 0.717) is 18.7 Å². The molecule has 0 radical (unpaired) electrons. The second kappa shape index (κ2) is 7.34. The third kappa shape index (κ3) is 3.79. The summed E-state index contributed by atoms with van der Waals surface area (Å²) in [6.07, 6.45) is 0. The average molecular weight is 333 g/mol. The maximum atomic E-state index is 13.3. The van der Waals surface area contributed by atoms with Crippen molar-refractivity contribution in [2.45, 2.75) is 26.9 Å². The van der Waals surface area contributed by atoms with Gasteiger partial charge in [-0.1, -0.05) is 60.7 Å². The van der Waals surface area contributed by atoms with E-state index < -0.39 is 0 Å². The van der Waals surface area contributed by atoms with Gasteiger partial charge in [0.15, 0.2) is 0 Å². The van der Waals surface area contributed by atoms with E-state index in [1.807, 2.05) is 86.5 Å². The molecular weight excluding hydrogens is 310 g/mol. The van der Waals surface area contributed by atoms with Crippen molar-refractivity contribution >= 4 is 5.91 Å². The summed E-state index contributed by atoms with van der Waals surface area (Å²) in [6.45, 7) is 4.98. The Kier molecular flexibility index (Phi) is 4.98. The van der Waals surface area contributed by atoms with Gasteiger partial charge in [0.2, 0.25) is 0 Å². The van der Waals surface area contributed by atoms with E-state index in [2.05, 4.69) is 5.10 Å². The van der Waals surface area contributed by atoms with Crippen molar-refractivity contribution in [1.82, 2.24) is 14.7 Å². The number of benzene rings is 2. The molecule has 0 aliphatic carbocycles. The van der Waals surface area contributed by atoms with Crippen LogP contribution < -0.4 is 0 Å². The monoisotopic (exact) mass is 333 g/mol. The summed E-state index contributed by atoms with van der Waals surface area (Å²) in [6, 6.07) is 20.2. The van der Waals surface area contributed by atoms with Crippen LogP contribution in [0.25, 0.3) is 0 Å². The highest BCUT2D eigenvalue weighted by Gasteiger charge is 2.23. The highest BCUT2D eigenvalue weighted by Crippen LogP contribution is 2.19. The largest absolute Gasteiger partial charge is 0.330 e. The zero-order chi connectivity index (χ0) is 17.8. The zero-order valence-corrected chi connectivity index (χ0v) is 14.9. The van der Waals surface area contributed by atoms with E-state index in [0.717, 1.165) is 22.5 Å². The molecule has 0 saturated carbocycles. The molecule has 0 aliphatic rings. The molecule has 1 aromatic heterocycles. The van der Waals surface area contributed by atoms with Crippen molar-refractivity contribution in [1.29, 1.82) is 0 Å². The Hall–Kier alpha value is -2.88. The van der Waals surface area contributed by atoms with Crippen LogP contribution in [0.5, 0.6) is 0 Å². The van der Waals surface area contributed by atoms with Crippen LogP contribution in [0.15, 0.2) is 60.7 Å². The third-order valence-corrected chi connectivity index (χ3v) is 4.44. The SMILES string of the molecule is Cc1nn(C)c(C)c1C(=O)N(Cc1ccccc1)Cc1ccccc1. The molecule has 0 unspecified atom stereocenters. The molecule has 25 heavy (non-hydrogen) atoms. The molecule has 4 heteroatoms. The van der Waals surface area contributed by atoms with Crippen molar-refractivity contribution in [2.75, 3.05) is 0 Å². The fraction of sp³-hybridized carbons (Fsp3) is 0.238. The van der Waals surface area contributed by atoms with Crippen LogP contribution in [0, 0.1) is 13.8 Å². The Morgan fingerprint density at radius 1 is 0.920 bits per heavy atom. The molecule has 1 amide bonds. The Labute approximate surface area is 148 Å². The summed E-state index contributed by atoms with van der Waals surface area (Å²) >= 11 is 0. The van der Waals surface area contributed by atoms with Gasteiger partial charge < -0.3 is 4.90 Å². The molecule has 3 rings (SSSR count). The van der Waals surface area contributed by atoms with Crippen LogP contribution >= 0.6 is 0 Å². The molecule has 1 heterocycles. The van der Waals surface area contributed by atoms with Crippen LogP contribution in [0.1, 0.15) is 32.9 Å². The van der Waals surface area contributed by atoms with Crippen LogP contribution in [-0.2, 0) is 20.1 Å². The Morgan fingerprint density at radius 2 is 1.40 bits per heavy atom. The standard InChI is InChI=1S/C21H23N3O/c1-16-20(17(2)23(3)22-16)21(25)24(14-18-10-6-4-7-11-18)15-19-12-8-5-9-13-19/h4-13H,14-15H2,1-3H3. The first-order chi connectivity index (χ1) is 12.1. The average Bonchev–Trinajstić information content (AvgIpc) is 2.88. The van der Waals surface area contributed by atoms with E-state index >= 15 is 0 Å². The van der Waals surface area contributed by atoms with Gasteiger partial charge in [0.25, 0.3) is 5.91 Å². The quantitative estimate of drug-likeness (QED) is 0.711. The Balaban J connectivity index is 1.93. The molecule has 0 spiro atoms. The zero-order valence-electron chi connectivity index (χ0n) is 14.9. The van der Waals surface area contributed by atoms with E-state index in [-0.39, 0.29) is 5.91 Å². The van der Waals surface area contributed by atoms with Crippen LogP contribution in [-0.4, -0.2) is 20.6 Å². The molecule has 0 bridgehead atoms. The van der Waals surface area contributed by atoms with E-state index in [9.17, 15) is 4.79 Å². The van der Waals surface area contributed by atoms with E-state index in [1.165, 1.54) is 0 Å². The lowest BCUT2D eigenvalue weighted by Gasteiger charge is -2.23. The second-order valence-electron chi connectivity index (χ2n) is 6.30. The number of hydrogen-bond donors (Lipinski definition) is 0. The van der Waals surface area contributed by atoms with Gasteiger partial charge in [-0.25, -0.2) is 0 Å². The molecular formula is C21H23N3O.